The van der Waals surface area contributed by atoms with Gasteiger partial charge in [-0.25, -0.2) is 0 Å². The highest BCUT2D eigenvalue weighted by Crippen LogP contribution is 1.76. The van der Waals surface area contributed by atoms with Crippen LogP contribution in [0.4, 0.5) is 0 Å². The molecule has 4 nitrogen and oxygen atoms in total. The van der Waals surface area contributed by atoms with E-state index in [0.29, 0.717) is 6.54 Å². The molecule has 0 saturated heterocycles. The third-order valence-electron chi connectivity index (χ3n) is 0.960. The summed E-state index contributed by atoms with van der Waals surface area (Å²) in [7, 11) is 0. The maximum Gasteiger partial charge on any atom is 0.222 e. The van der Waals surface area contributed by atoms with E-state index in [4.69, 9.17) is 10.8 Å². The highest BCUT2D eigenvalue weighted by Gasteiger charge is 1.99. The van der Waals surface area contributed by atoms with Crippen molar-refractivity contribution >= 4 is 5.91 Å². The molecule has 0 aliphatic carbocycles. The van der Waals surface area contributed by atoms with Crippen molar-refractivity contribution < 1.29 is 9.90 Å². The van der Waals surface area contributed by atoms with Crippen LogP contribution in [0.15, 0.2) is 0 Å². The molecule has 0 aromatic rings. The Kier molecular flexibility index (Phi) is 4.88. The molecule has 0 heterocycles. The van der Waals surface area contributed by atoms with Crippen molar-refractivity contribution in [1.29, 1.82) is 0 Å². The number of aliphatic hydroxyl groups excluding tert-OH is 1. The molecular weight excluding hydrogens is 132 g/mol. The molecule has 0 rings (SSSR count). The number of nitrogens with one attached hydrogen (secondary N) is 1. The van der Waals surface area contributed by atoms with E-state index >= 15 is 0 Å². The van der Waals surface area contributed by atoms with Crippen LogP contribution < -0.4 is 11.1 Å². The summed E-state index contributed by atoms with van der Waals surface area (Å²) in [4.78, 5) is 10.6. The van der Waals surface area contributed by atoms with Crippen LogP contribution in [0.25, 0.3) is 0 Å². The Morgan fingerprint density at radius 2 is 2.40 bits per heavy atom. The van der Waals surface area contributed by atoms with E-state index in [9.17, 15) is 4.79 Å². The first-order valence-corrected chi connectivity index (χ1v) is 3.30. The highest BCUT2D eigenvalue weighted by atomic mass is 16.3. The minimum Gasteiger partial charge on any atom is -0.396 e. The van der Waals surface area contributed by atoms with Crippen molar-refractivity contribution in [2.45, 2.75) is 19.4 Å². The molecule has 1 unspecified atom stereocenters. The highest BCUT2D eigenvalue weighted by molar-refractivity contribution is 5.75. The van der Waals surface area contributed by atoms with Crippen LogP contribution in [-0.2, 0) is 4.79 Å². The first kappa shape index (κ1) is 9.39. The van der Waals surface area contributed by atoms with Crippen molar-refractivity contribution in [3.63, 3.8) is 0 Å². The van der Waals surface area contributed by atoms with Crippen molar-refractivity contribution in [2.24, 2.45) is 5.73 Å². The van der Waals surface area contributed by atoms with Gasteiger partial charge in [-0.15, -0.1) is 0 Å². The Morgan fingerprint density at radius 3 is 2.80 bits per heavy atom. The van der Waals surface area contributed by atoms with E-state index < -0.39 is 0 Å². The summed E-state index contributed by atoms with van der Waals surface area (Å²) in [6, 6.07) is -0.0253. The minimum atomic E-state index is -0.153. The molecule has 0 bridgehead atoms. The molecule has 0 aliphatic heterocycles. The zero-order valence-electron chi connectivity index (χ0n) is 6.13. The number of aliphatic hydroxyl groups is 1. The van der Waals surface area contributed by atoms with E-state index in [0.717, 1.165) is 0 Å². The second kappa shape index (κ2) is 5.20. The van der Waals surface area contributed by atoms with Gasteiger partial charge in [-0.2, -0.15) is 0 Å². The lowest BCUT2D eigenvalue weighted by atomic mass is 10.3. The van der Waals surface area contributed by atoms with Crippen LogP contribution in [0.2, 0.25) is 0 Å². The molecule has 0 radical (unpaired) electrons. The molecule has 60 valence electrons. The zero-order chi connectivity index (χ0) is 7.98. The lowest BCUT2D eigenvalue weighted by Crippen LogP contribution is -2.35. The number of carbonyl (C=O) groups excluding carboxylic acids is 1. The van der Waals surface area contributed by atoms with Crippen LogP contribution in [-0.4, -0.2) is 30.2 Å². The molecule has 0 aliphatic rings. The van der Waals surface area contributed by atoms with Gasteiger partial charge in [0.2, 0.25) is 5.91 Å². The molecule has 0 aromatic carbocycles. The third kappa shape index (κ3) is 5.53. The summed E-state index contributed by atoms with van der Waals surface area (Å²) in [5, 5.41) is 10.9. The maximum atomic E-state index is 10.6. The summed E-state index contributed by atoms with van der Waals surface area (Å²) in [5.41, 5.74) is 5.36. The van der Waals surface area contributed by atoms with E-state index in [2.05, 4.69) is 5.32 Å². The summed E-state index contributed by atoms with van der Waals surface area (Å²) in [5.74, 6) is -0.153. The Balaban J connectivity index is 3.22. The lowest BCUT2D eigenvalue weighted by Gasteiger charge is -2.05. The van der Waals surface area contributed by atoms with Gasteiger partial charge in [0.15, 0.2) is 0 Å². The molecule has 0 spiro atoms. The normalized spacial score (nSPS) is 12.7. The summed E-state index contributed by atoms with van der Waals surface area (Å²) in [6.45, 7) is 2.17. The van der Waals surface area contributed by atoms with Gasteiger partial charge in [-0.3, -0.25) is 4.79 Å². The predicted octanol–water partition coefficient (Wildman–Crippen LogP) is -1.17. The zero-order valence-corrected chi connectivity index (χ0v) is 6.13. The number of amides is 1. The van der Waals surface area contributed by atoms with Crippen molar-refractivity contribution in [3.8, 4) is 0 Å². The average Bonchev–Trinajstić information content (AvgIpc) is 1.85. The second-order valence-corrected chi connectivity index (χ2v) is 2.25. The van der Waals surface area contributed by atoms with Crippen LogP contribution >= 0.6 is 0 Å². The Bertz CT molecular complexity index is 104. The first-order chi connectivity index (χ1) is 4.66. The van der Waals surface area contributed by atoms with E-state index in [-0.39, 0.29) is 25.0 Å². The molecule has 1 amide bonds. The van der Waals surface area contributed by atoms with Crippen LogP contribution in [0.5, 0.6) is 0 Å². The first-order valence-electron chi connectivity index (χ1n) is 3.30. The number of carbonyl (C=O) groups is 1. The number of hydrogen-bond donors (Lipinski definition) is 3. The van der Waals surface area contributed by atoms with Gasteiger partial charge in [0.05, 0.1) is 6.61 Å². The summed E-state index contributed by atoms with van der Waals surface area (Å²) < 4.78 is 0. The largest absolute Gasteiger partial charge is 0.396 e. The molecule has 4 N–H and O–H groups in total. The van der Waals surface area contributed by atoms with Gasteiger partial charge < -0.3 is 16.2 Å². The van der Waals surface area contributed by atoms with Gasteiger partial charge in [0.1, 0.15) is 0 Å². The quantitative estimate of drug-likeness (QED) is 0.468. The van der Waals surface area contributed by atoms with Crippen molar-refractivity contribution in [2.75, 3.05) is 13.2 Å². The molecule has 0 saturated carbocycles. The number of hydrogen-bond acceptors (Lipinski definition) is 3. The Hall–Kier alpha value is -0.610. The van der Waals surface area contributed by atoms with Crippen LogP contribution in [0, 0.1) is 0 Å². The molecular formula is C6H14N2O2. The van der Waals surface area contributed by atoms with Gasteiger partial charge in [0, 0.05) is 19.0 Å². The molecule has 0 aromatic heterocycles. The fraction of sp³-hybridized carbons (Fsp3) is 0.833. The monoisotopic (exact) mass is 146 g/mol. The van der Waals surface area contributed by atoms with E-state index in [1.165, 1.54) is 0 Å². The average molecular weight is 146 g/mol. The predicted molar refractivity (Wildman–Crippen MR) is 38.4 cm³/mol. The standard InChI is InChI=1S/C6H14N2O2/c1-5(7)4-8-6(10)2-3-9/h5,9H,2-4,7H2,1H3,(H,8,10). The number of nitrogens with two attached hydrogens (primary N) is 1. The summed E-state index contributed by atoms with van der Waals surface area (Å²) >= 11 is 0. The number of rotatable bonds is 4. The van der Waals surface area contributed by atoms with Crippen LogP contribution in [0.3, 0.4) is 0 Å². The molecule has 4 heteroatoms. The SMILES string of the molecule is CC(N)CNC(=O)CCO. The fourth-order valence-electron chi connectivity index (χ4n) is 0.465. The van der Waals surface area contributed by atoms with Gasteiger partial charge in [-0.05, 0) is 6.92 Å². The fourth-order valence-corrected chi connectivity index (χ4v) is 0.465. The Morgan fingerprint density at radius 1 is 1.80 bits per heavy atom. The van der Waals surface area contributed by atoms with Crippen molar-refractivity contribution in [3.05, 3.63) is 0 Å². The van der Waals surface area contributed by atoms with Gasteiger partial charge >= 0.3 is 0 Å². The third-order valence-corrected chi connectivity index (χ3v) is 0.960. The van der Waals surface area contributed by atoms with E-state index in [1.807, 2.05) is 0 Å². The molecule has 10 heavy (non-hydrogen) atoms. The van der Waals surface area contributed by atoms with E-state index in [1.54, 1.807) is 6.92 Å². The van der Waals surface area contributed by atoms with Gasteiger partial charge in [-0.1, -0.05) is 0 Å². The van der Waals surface area contributed by atoms with Gasteiger partial charge in [0.25, 0.3) is 0 Å². The molecule has 1 atom stereocenters. The lowest BCUT2D eigenvalue weighted by molar-refractivity contribution is -0.121. The summed E-state index contributed by atoms with van der Waals surface area (Å²) in [6.07, 6.45) is 0.159. The maximum absolute atomic E-state index is 10.6. The second-order valence-electron chi connectivity index (χ2n) is 2.25. The molecule has 0 fully saturated rings. The minimum absolute atomic E-state index is 0.0253. The smallest absolute Gasteiger partial charge is 0.222 e. The van der Waals surface area contributed by atoms with Crippen molar-refractivity contribution in [1.82, 2.24) is 5.32 Å². The Labute approximate surface area is 60.4 Å². The topological polar surface area (TPSA) is 75.3 Å². The van der Waals surface area contributed by atoms with Crippen LogP contribution in [0.1, 0.15) is 13.3 Å².